The molecule has 2 heterocycles. The minimum absolute atomic E-state index is 0.0993. The lowest BCUT2D eigenvalue weighted by Gasteiger charge is -2.23. The standard InChI is InChI=1S/C23H19FN2O4S/c1-12-13(2)31-23(25-12)26-19(16-6-4-5-7-17(16)24)18(21(28)22(26)29)20(27)14-8-10-15(30-3)11-9-14/h4-11,19,27H,1-3H3/t19-/m0/s1. The number of anilines is 1. The highest BCUT2D eigenvalue weighted by molar-refractivity contribution is 7.16. The number of methoxy groups -OCH3 is 1. The van der Waals surface area contributed by atoms with Crippen molar-refractivity contribution in [2.75, 3.05) is 12.0 Å². The maximum Gasteiger partial charge on any atom is 0.301 e. The van der Waals surface area contributed by atoms with Crippen molar-refractivity contribution in [2.24, 2.45) is 0 Å². The molecule has 1 amide bonds. The van der Waals surface area contributed by atoms with Crippen LogP contribution in [0.1, 0.15) is 27.7 Å². The maximum absolute atomic E-state index is 14.8. The SMILES string of the molecule is COc1ccc(C(O)=C2C(=O)C(=O)N(c3nc(C)c(C)s3)[C@H]2c2ccccc2F)cc1. The number of Topliss-reactive ketones (excluding diaryl/α,β-unsaturated/α-hetero) is 1. The summed E-state index contributed by atoms with van der Waals surface area (Å²) in [7, 11) is 1.51. The van der Waals surface area contributed by atoms with E-state index >= 15 is 0 Å². The molecule has 1 atom stereocenters. The topological polar surface area (TPSA) is 79.7 Å². The van der Waals surface area contributed by atoms with E-state index in [2.05, 4.69) is 4.98 Å². The fourth-order valence-electron chi connectivity index (χ4n) is 3.48. The Balaban J connectivity index is 1.95. The molecule has 1 saturated heterocycles. The number of aliphatic hydroxyl groups excluding tert-OH is 1. The quantitative estimate of drug-likeness (QED) is 0.368. The third-order valence-corrected chi connectivity index (χ3v) is 6.30. The molecule has 0 bridgehead atoms. The van der Waals surface area contributed by atoms with Crippen LogP contribution in [0.5, 0.6) is 5.75 Å². The van der Waals surface area contributed by atoms with Gasteiger partial charge in [-0.15, -0.1) is 11.3 Å². The number of carbonyl (C=O) groups is 2. The first-order valence-electron chi connectivity index (χ1n) is 9.47. The van der Waals surface area contributed by atoms with Crippen LogP contribution in [-0.4, -0.2) is 28.9 Å². The van der Waals surface area contributed by atoms with Crippen LogP contribution in [0.4, 0.5) is 9.52 Å². The van der Waals surface area contributed by atoms with E-state index < -0.39 is 23.5 Å². The molecule has 8 heteroatoms. The van der Waals surface area contributed by atoms with E-state index in [1.165, 1.54) is 41.5 Å². The molecule has 4 rings (SSSR count). The summed E-state index contributed by atoms with van der Waals surface area (Å²) in [6, 6.07) is 11.1. The van der Waals surface area contributed by atoms with Crippen LogP contribution in [-0.2, 0) is 9.59 Å². The highest BCUT2D eigenvalue weighted by atomic mass is 32.1. The summed E-state index contributed by atoms with van der Waals surface area (Å²) in [4.78, 5) is 32.5. The summed E-state index contributed by atoms with van der Waals surface area (Å²) >= 11 is 1.23. The monoisotopic (exact) mass is 438 g/mol. The van der Waals surface area contributed by atoms with Gasteiger partial charge in [-0.1, -0.05) is 18.2 Å². The van der Waals surface area contributed by atoms with Crippen LogP contribution >= 0.6 is 11.3 Å². The van der Waals surface area contributed by atoms with E-state index in [-0.39, 0.29) is 22.0 Å². The average molecular weight is 438 g/mol. The van der Waals surface area contributed by atoms with Gasteiger partial charge >= 0.3 is 5.91 Å². The number of rotatable bonds is 4. The highest BCUT2D eigenvalue weighted by Crippen LogP contribution is 2.44. The molecule has 1 aliphatic heterocycles. The van der Waals surface area contributed by atoms with Gasteiger partial charge in [0.05, 0.1) is 18.4 Å². The summed E-state index contributed by atoms with van der Waals surface area (Å²) in [5, 5.41) is 11.3. The lowest BCUT2D eigenvalue weighted by molar-refractivity contribution is -0.132. The van der Waals surface area contributed by atoms with Crippen LogP contribution in [0.25, 0.3) is 5.76 Å². The van der Waals surface area contributed by atoms with E-state index in [1.807, 2.05) is 6.92 Å². The second-order valence-electron chi connectivity index (χ2n) is 7.06. The third kappa shape index (κ3) is 3.48. The smallest absolute Gasteiger partial charge is 0.301 e. The first kappa shape index (κ1) is 20.7. The van der Waals surface area contributed by atoms with Gasteiger partial charge in [-0.2, -0.15) is 0 Å². The second kappa shape index (κ2) is 7.96. The lowest BCUT2D eigenvalue weighted by Crippen LogP contribution is -2.29. The number of ether oxygens (including phenoxy) is 1. The predicted octanol–water partition coefficient (Wildman–Crippen LogP) is 4.53. The fraction of sp³-hybridized carbons (Fsp3) is 0.174. The second-order valence-corrected chi connectivity index (χ2v) is 8.24. The van der Waals surface area contributed by atoms with Crippen LogP contribution in [0.2, 0.25) is 0 Å². The van der Waals surface area contributed by atoms with Crippen LogP contribution in [0.15, 0.2) is 54.1 Å². The van der Waals surface area contributed by atoms with Gasteiger partial charge in [0.25, 0.3) is 5.78 Å². The summed E-state index contributed by atoms with van der Waals surface area (Å²) in [6.07, 6.45) is 0. The van der Waals surface area contributed by atoms with Crippen molar-refractivity contribution < 1.29 is 23.8 Å². The zero-order chi connectivity index (χ0) is 22.3. The number of hydrogen-bond acceptors (Lipinski definition) is 6. The van der Waals surface area contributed by atoms with Gasteiger partial charge in [0.2, 0.25) is 0 Å². The first-order chi connectivity index (χ1) is 14.8. The molecule has 0 spiro atoms. The summed E-state index contributed by atoms with van der Waals surface area (Å²) < 4.78 is 19.9. The number of aryl methyl sites for hydroxylation is 2. The molecule has 6 nitrogen and oxygen atoms in total. The van der Waals surface area contributed by atoms with Gasteiger partial charge in [0.15, 0.2) is 5.13 Å². The average Bonchev–Trinajstić information content (AvgIpc) is 3.23. The molecule has 158 valence electrons. The molecule has 0 aliphatic carbocycles. The third-order valence-electron chi connectivity index (χ3n) is 5.23. The summed E-state index contributed by atoms with van der Waals surface area (Å²) in [6.45, 7) is 3.64. The number of thiazole rings is 1. The van der Waals surface area contributed by atoms with Crippen LogP contribution < -0.4 is 9.64 Å². The summed E-state index contributed by atoms with van der Waals surface area (Å²) in [5.41, 5.74) is 0.934. The predicted molar refractivity (Wildman–Crippen MR) is 116 cm³/mol. The van der Waals surface area contributed by atoms with Crippen molar-refractivity contribution in [3.63, 3.8) is 0 Å². The number of amides is 1. The first-order valence-corrected chi connectivity index (χ1v) is 10.3. The maximum atomic E-state index is 14.8. The number of nitrogens with zero attached hydrogens (tertiary/aromatic N) is 2. The molecule has 1 aliphatic rings. The van der Waals surface area contributed by atoms with Crippen LogP contribution in [0, 0.1) is 19.7 Å². The lowest BCUT2D eigenvalue weighted by atomic mass is 9.95. The fourth-order valence-corrected chi connectivity index (χ4v) is 4.42. The van der Waals surface area contributed by atoms with Gasteiger partial charge in [-0.05, 0) is 44.2 Å². The molecule has 1 fully saturated rings. The molecule has 0 saturated carbocycles. The van der Waals surface area contributed by atoms with Gasteiger partial charge in [0, 0.05) is 16.0 Å². The molecule has 1 aromatic heterocycles. The van der Waals surface area contributed by atoms with E-state index in [0.717, 1.165) is 4.88 Å². The minimum Gasteiger partial charge on any atom is -0.507 e. The Kier molecular flexibility index (Phi) is 5.32. The molecule has 31 heavy (non-hydrogen) atoms. The Hall–Kier alpha value is -3.52. The number of carbonyl (C=O) groups excluding carboxylic acids is 2. The zero-order valence-electron chi connectivity index (χ0n) is 17.0. The Morgan fingerprint density at radius 2 is 1.81 bits per heavy atom. The molecule has 2 aromatic carbocycles. The van der Waals surface area contributed by atoms with Crippen molar-refractivity contribution in [2.45, 2.75) is 19.9 Å². The number of aromatic nitrogens is 1. The van der Waals surface area contributed by atoms with E-state index in [1.54, 1.807) is 37.3 Å². The molecule has 0 unspecified atom stereocenters. The van der Waals surface area contributed by atoms with Crippen molar-refractivity contribution in [1.82, 2.24) is 4.98 Å². The zero-order valence-corrected chi connectivity index (χ0v) is 17.9. The number of hydrogen-bond donors (Lipinski definition) is 1. The Labute approximate surface area is 182 Å². The minimum atomic E-state index is -1.15. The largest absolute Gasteiger partial charge is 0.507 e. The van der Waals surface area contributed by atoms with Crippen LogP contribution in [0.3, 0.4) is 0 Å². The van der Waals surface area contributed by atoms with E-state index in [4.69, 9.17) is 4.74 Å². The molecule has 3 aromatic rings. The van der Waals surface area contributed by atoms with Crippen molar-refractivity contribution in [3.8, 4) is 5.75 Å². The normalized spacial score (nSPS) is 17.9. The van der Waals surface area contributed by atoms with Gasteiger partial charge < -0.3 is 9.84 Å². The van der Waals surface area contributed by atoms with Crippen molar-refractivity contribution in [3.05, 3.63) is 81.6 Å². The number of aliphatic hydroxyl groups is 1. The molecular weight excluding hydrogens is 419 g/mol. The Bertz CT molecular complexity index is 1200. The van der Waals surface area contributed by atoms with Gasteiger partial charge in [-0.25, -0.2) is 9.37 Å². The molecule has 0 radical (unpaired) electrons. The van der Waals surface area contributed by atoms with Crippen molar-refractivity contribution in [1.29, 1.82) is 0 Å². The summed E-state index contributed by atoms with van der Waals surface area (Å²) in [5.74, 6) is -2.17. The molecular formula is C23H19FN2O4S. The number of benzene rings is 2. The molecule has 1 N–H and O–H groups in total. The van der Waals surface area contributed by atoms with Crippen molar-refractivity contribution >= 4 is 33.9 Å². The van der Waals surface area contributed by atoms with E-state index in [0.29, 0.717) is 17.0 Å². The van der Waals surface area contributed by atoms with E-state index in [9.17, 15) is 19.1 Å². The van der Waals surface area contributed by atoms with Gasteiger partial charge in [0.1, 0.15) is 23.4 Å². The van der Waals surface area contributed by atoms with Gasteiger partial charge in [-0.3, -0.25) is 14.5 Å². The Morgan fingerprint density at radius 3 is 2.39 bits per heavy atom. The Morgan fingerprint density at radius 1 is 1.13 bits per heavy atom. The number of ketones is 1. The number of halogens is 1. The highest BCUT2D eigenvalue weighted by Gasteiger charge is 2.49.